The zero-order chi connectivity index (χ0) is 12.1. The number of carbonyl (C=O) groups excluding carboxylic acids is 1. The third-order valence-electron chi connectivity index (χ3n) is 2.84. The summed E-state index contributed by atoms with van der Waals surface area (Å²) in [6, 6.07) is 6.61. The Morgan fingerprint density at radius 2 is 2.41 bits per heavy atom. The average molecular weight is 251 g/mol. The van der Waals surface area contributed by atoms with E-state index in [2.05, 4.69) is 28.3 Å². The van der Waals surface area contributed by atoms with Crippen molar-refractivity contribution in [2.75, 3.05) is 19.4 Å². The highest BCUT2D eigenvalue weighted by molar-refractivity contribution is 7.99. The van der Waals surface area contributed by atoms with Gasteiger partial charge in [-0.3, -0.25) is 0 Å². The lowest BCUT2D eigenvalue weighted by Gasteiger charge is -2.16. The Kier molecular flexibility index (Phi) is 4.31. The number of hydrogen-bond donors (Lipinski definition) is 1. The molecular formula is C13H17NO2S. The van der Waals surface area contributed by atoms with E-state index in [1.54, 1.807) is 0 Å². The van der Waals surface area contributed by atoms with Gasteiger partial charge < -0.3 is 10.1 Å². The average Bonchev–Trinajstić information content (AvgIpc) is 2.38. The van der Waals surface area contributed by atoms with E-state index in [1.807, 2.05) is 11.8 Å². The molecule has 4 heteroatoms. The second-order valence-electron chi connectivity index (χ2n) is 4.06. The van der Waals surface area contributed by atoms with E-state index in [4.69, 9.17) is 0 Å². The normalized spacial score (nSPS) is 13.9. The highest BCUT2D eigenvalue weighted by Crippen LogP contribution is 2.30. The van der Waals surface area contributed by atoms with E-state index in [-0.39, 0.29) is 6.09 Å². The Bertz CT molecular complexity index is 406. The zero-order valence-electron chi connectivity index (χ0n) is 9.99. The van der Waals surface area contributed by atoms with E-state index in [0.717, 1.165) is 6.42 Å². The molecule has 0 bridgehead atoms. The van der Waals surface area contributed by atoms with Crippen LogP contribution < -0.4 is 5.32 Å². The number of fused-ring (bicyclic) bond motifs is 1. The summed E-state index contributed by atoms with van der Waals surface area (Å²) in [5, 5.41) is 2.69. The van der Waals surface area contributed by atoms with Gasteiger partial charge in [-0.15, -0.1) is 11.8 Å². The monoisotopic (exact) mass is 251 g/mol. The van der Waals surface area contributed by atoms with Crippen LogP contribution in [0.1, 0.15) is 17.5 Å². The molecule has 0 unspecified atom stereocenters. The number of ether oxygens (including phenoxy) is 1. The van der Waals surface area contributed by atoms with Crippen LogP contribution in [-0.2, 0) is 17.6 Å². The Labute approximate surface area is 106 Å². The van der Waals surface area contributed by atoms with Gasteiger partial charge in [0.1, 0.15) is 0 Å². The number of carbonyl (C=O) groups is 1. The largest absolute Gasteiger partial charge is 0.453 e. The van der Waals surface area contributed by atoms with Crippen molar-refractivity contribution in [2.45, 2.75) is 24.2 Å². The van der Waals surface area contributed by atoms with Crippen LogP contribution in [0.15, 0.2) is 23.1 Å². The highest BCUT2D eigenvalue weighted by Gasteiger charge is 2.09. The summed E-state index contributed by atoms with van der Waals surface area (Å²) < 4.78 is 4.53. The standard InChI is InChI=1S/C13H17NO2S/c1-16-13(15)14-7-6-10-4-5-12-11(9-10)3-2-8-17-12/h4-5,9H,2-3,6-8H2,1H3,(H,14,15). The lowest BCUT2D eigenvalue weighted by atomic mass is 10.0. The molecule has 92 valence electrons. The van der Waals surface area contributed by atoms with Gasteiger partial charge in [-0.2, -0.15) is 0 Å². The minimum atomic E-state index is -0.362. The summed E-state index contributed by atoms with van der Waals surface area (Å²) >= 11 is 1.94. The van der Waals surface area contributed by atoms with Crippen LogP contribution in [-0.4, -0.2) is 25.5 Å². The van der Waals surface area contributed by atoms with E-state index in [1.165, 1.54) is 41.7 Å². The molecule has 0 fully saturated rings. The molecule has 17 heavy (non-hydrogen) atoms. The van der Waals surface area contributed by atoms with Gasteiger partial charge in [0.15, 0.2) is 0 Å². The van der Waals surface area contributed by atoms with Crippen LogP contribution in [0.3, 0.4) is 0 Å². The quantitative estimate of drug-likeness (QED) is 0.897. The van der Waals surface area contributed by atoms with Crippen LogP contribution in [0.4, 0.5) is 4.79 Å². The summed E-state index contributed by atoms with van der Waals surface area (Å²) in [6.07, 6.45) is 2.94. The van der Waals surface area contributed by atoms with Crippen molar-refractivity contribution < 1.29 is 9.53 Å². The Morgan fingerprint density at radius 3 is 3.24 bits per heavy atom. The van der Waals surface area contributed by atoms with Gasteiger partial charge in [-0.25, -0.2) is 4.79 Å². The Hall–Kier alpha value is -1.16. The number of hydrogen-bond acceptors (Lipinski definition) is 3. The number of benzene rings is 1. The lowest BCUT2D eigenvalue weighted by molar-refractivity contribution is 0.171. The number of rotatable bonds is 3. The molecular weight excluding hydrogens is 234 g/mol. The molecule has 0 spiro atoms. The molecule has 1 aliphatic rings. The molecule has 0 saturated carbocycles. The van der Waals surface area contributed by atoms with Gasteiger partial charge in [0.2, 0.25) is 0 Å². The molecule has 0 atom stereocenters. The van der Waals surface area contributed by atoms with Crippen molar-refractivity contribution in [1.29, 1.82) is 0 Å². The van der Waals surface area contributed by atoms with Crippen LogP contribution in [0.5, 0.6) is 0 Å². The number of alkyl carbamates (subject to hydrolysis) is 1. The van der Waals surface area contributed by atoms with Gasteiger partial charge in [-0.05, 0) is 42.2 Å². The second kappa shape index (κ2) is 5.96. The van der Waals surface area contributed by atoms with Crippen molar-refractivity contribution in [3.63, 3.8) is 0 Å². The summed E-state index contributed by atoms with van der Waals surface area (Å²) in [7, 11) is 1.38. The fourth-order valence-corrected chi connectivity index (χ4v) is 2.97. The molecule has 1 aliphatic heterocycles. The first-order chi connectivity index (χ1) is 8.29. The molecule has 2 rings (SSSR count). The van der Waals surface area contributed by atoms with E-state index < -0.39 is 0 Å². The first-order valence-electron chi connectivity index (χ1n) is 5.86. The number of methoxy groups -OCH3 is 1. The molecule has 1 aromatic carbocycles. The first kappa shape index (κ1) is 12.3. The summed E-state index contributed by atoms with van der Waals surface area (Å²) in [4.78, 5) is 12.3. The maximum absolute atomic E-state index is 10.9. The van der Waals surface area contributed by atoms with Crippen molar-refractivity contribution in [2.24, 2.45) is 0 Å². The second-order valence-corrected chi connectivity index (χ2v) is 5.20. The molecule has 0 aliphatic carbocycles. The summed E-state index contributed by atoms with van der Waals surface area (Å²) in [6.45, 7) is 0.624. The fourth-order valence-electron chi connectivity index (χ4n) is 1.95. The van der Waals surface area contributed by atoms with Gasteiger partial charge >= 0.3 is 6.09 Å². The lowest BCUT2D eigenvalue weighted by Crippen LogP contribution is -2.25. The number of aryl methyl sites for hydroxylation is 1. The van der Waals surface area contributed by atoms with Crippen LogP contribution in [0, 0.1) is 0 Å². The molecule has 0 aromatic heterocycles. The van der Waals surface area contributed by atoms with Crippen LogP contribution in [0.25, 0.3) is 0 Å². The summed E-state index contributed by atoms with van der Waals surface area (Å²) in [5.74, 6) is 1.23. The van der Waals surface area contributed by atoms with Crippen molar-refractivity contribution in [1.82, 2.24) is 5.32 Å². The van der Waals surface area contributed by atoms with Crippen molar-refractivity contribution in [3.05, 3.63) is 29.3 Å². The van der Waals surface area contributed by atoms with Crippen molar-refractivity contribution >= 4 is 17.9 Å². The minimum Gasteiger partial charge on any atom is -0.453 e. The van der Waals surface area contributed by atoms with Gasteiger partial charge in [-0.1, -0.05) is 12.1 Å². The number of amides is 1. The highest BCUT2D eigenvalue weighted by atomic mass is 32.2. The van der Waals surface area contributed by atoms with Gasteiger partial charge in [0.25, 0.3) is 0 Å². The first-order valence-corrected chi connectivity index (χ1v) is 6.84. The smallest absolute Gasteiger partial charge is 0.406 e. The third-order valence-corrected chi connectivity index (χ3v) is 4.04. The zero-order valence-corrected chi connectivity index (χ0v) is 10.8. The number of nitrogens with one attached hydrogen (secondary N) is 1. The fraction of sp³-hybridized carbons (Fsp3) is 0.462. The number of thioether (sulfide) groups is 1. The molecule has 1 amide bonds. The Morgan fingerprint density at radius 1 is 1.53 bits per heavy atom. The molecule has 3 nitrogen and oxygen atoms in total. The third kappa shape index (κ3) is 3.40. The van der Waals surface area contributed by atoms with E-state index in [0.29, 0.717) is 6.54 Å². The molecule has 1 N–H and O–H groups in total. The SMILES string of the molecule is COC(=O)NCCc1ccc2c(c1)CCCS2. The summed E-state index contributed by atoms with van der Waals surface area (Å²) in [5.41, 5.74) is 2.74. The maximum atomic E-state index is 10.9. The van der Waals surface area contributed by atoms with Crippen molar-refractivity contribution in [3.8, 4) is 0 Å². The maximum Gasteiger partial charge on any atom is 0.406 e. The predicted molar refractivity (Wildman–Crippen MR) is 69.6 cm³/mol. The predicted octanol–water partition coefficient (Wildman–Crippen LogP) is 2.62. The molecule has 1 heterocycles. The topological polar surface area (TPSA) is 38.3 Å². The van der Waals surface area contributed by atoms with Gasteiger partial charge in [0, 0.05) is 11.4 Å². The van der Waals surface area contributed by atoms with E-state index >= 15 is 0 Å². The molecule has 1 aromatic rings. The molecule has 0 saturated heterocycles. The molecule has 0 radical (unpaired) electrons. The Balaban J connectivity index is 1.91. The van der Waals surface area contributed by atoms with Gasteiger partial charge in [0.05, 0.1) is 7.11 Å². The van der Waals surface area contributed by atoms with E-state index in [9.17, 15) is 4.79 Å². The van der Waals surface area contributed by atoms with Crippen LogP contribution >= 0.6 is 11.8 Å². The van der Waals surface area contributed by atoms with Crippen LogP contribution in [0.2, 0.25) is 0 Å². The minimum absolute atomic E-state index is 0.362.